The zero-order valence-electron chi connectivity index (χ0n) is 22.9. The summed E-state index contributed by atoms with van der Waals surface area (Å²) in [6, 6.07) is 4.25. The quantitative estimate of drug-likeness (QED) is 0.246. The van der Waals surface area contributed by atoms with Crippen molar-refractivity contribution in [1.82, 2.24) is 4.98 Å². The molecule has 6 atom stereocenters. The minimum Gasteiger partial charge on any atom is -0.431 e. The van der Waals surface area contributed by atoms with Crippen molar-refractivity contribution < 1.29 is 23.8 Å². The molecular formula is C31H41NO5. The van der Waals surface area contributed by atoms with Crippen LogP contribution in [0, 0.1) is 34.0 Å². The van der Waals surface area contributed by atoms with Crippen molar-refractivity contribution in [3.8, 4) is 0 Å². The van der Waals surface area contributed by atoms with Gasteiger partial charge in [0.25, 0.3) is 0 Å². The predicted molar refractivity (Wildman–Crippen MR) is 141 cm³/mol. The third-order valence-electron chi connectivity index (χ3n) is 9.85. The van der Waals surface area contributed by atoms with E-state index in [1.807, 2.05) is 18.5 Å². The summed E-state index contributed by atoms with van der Waals surface area (Å²) in [5.41, 5.74) is 3.95. The van der Waals surface area contributed by atoms with Gasteiger partial charge in [0, 0.05) is 18.8 Å². The first-order chi connectivity index (χ1) is 17.5. The SMILES string of the molecule is CC(C)(C)C(=O)OCOC(=O)O[C@H]1CC[C@@]2(C)C(=CC[C@@H]3[C@@H]2CC[C@]2(C)C(c4cccnc4)=CC[C@@H]32)C1. The van der Waals surface area contributed by atoms with Crippen molar-refractivity contribution in [1.29, 1.82) is 0 Å². The van der Waals surface area contributed by atoms with E-state index in [0.717, 1.165) is 32.1 Å². The Morgan fingerprint density at radius 2 is 1.81 bits per heavy atom. The number of aromatic nitrogens is 1. The topological polar surface area (TPSA) is 74.7 Å². The van der Waals surface area contributed by atoms with Gasteiger partial charge in [-0.1, -0.05) is 37.6 Å². The normalized spacial score (nSPS) is 34.7. The van der Waals surface area contributed by atoms with Gasteiger partial charge in [-0.3, -0.25) is 9.78 Å². The van der Waals surface area contributed by atoms with Crippen LogP contribution < -0.4 is 0 Å². The minimum absolute atomic E-state index is 0.160. The highest BCUT2D eigenvalue weighted by Crippen LogP contribution is 2.66. The highest BCUT2D eigenvalue weighted by molar-refractivity contribution is 5.75. The van der Waals surface area contributed by atoms with Crippen LogP contribution in [0.15, 0.2) is 42.3 Å². The summed E-state index contributed by atoms with van der Waals surface area (Å²) in [5, 5.41) is 0. The van der Waals surface area contributed by atoms with Crippen LogP contribution in [-0.2, 0) is 19.0 Å². The monoisotopic (exact) mass is 507 g/mol. The molecule has 0 N–H and O–H groups in total. The van der Waals surface area contributed by atoms with Crippen LogP contribution in [0.1, 0.15) is 85.1 Å². The molecule has 2 saturated carbocycles. The van der Waals surface area contributed by atoms with Crippen molar-refractivity contribution in [2.24, 2.45) is 34.0 Å². The number of esters is 1. The number of hydrogen-bond acceptors (Lipinski definition) is 6. The van der Waals surface area contributed by atoms with Crippen LogP contribution in [0.25, 0.3) is 5.57 Å². The highest BCUT2D eigenvalue weighted by atomic mass is 16.8. The summed E-state index contributed by atoms with van der Waals surface area (Å²) in [5.74, 6) is 1.59. The number of allylic oxidation sites excluding steroid dienone is 3. The molecular weight excluding hydrogens is 466 g/mol. The Morgan fingerprint density at radius 1 is 1.03 bits per heavy atom. The third-order valence-corrected chi connectivity index (χ3v) is 9.85. The second kappa shape index (κ2) is 9.59. The van der Waals surface area contributed by atoms with E-state index in [1.165, 1.54) is 29.6 Å². The van der Waals surface area contributed by atoms with E-state index >= 15 is 0 Å². The van der Waals surface area contributed by atoms with E-state index < -0.39 is 24.3 Å². The lowest BCUT2D eigenvalue weighted by molar-refractivity contribution is -0.163. The van der Waals surface area contributed by atoms with Gasteiger partial charge in [-0.15, -0.1) is 0 Å². The van der Waals surface area contributed by atoms with Gasteiger partial charge in [-0.25, -0.2) is 4.79 Å². The third kappa shape index (κ3) is 4.72. The van der Waals surface area contributed by atoms with Crippen LogP contribution in [0.3, 0.4) is 0 Å². The second-order valence-corrected chi connectivity index (χ2v) is 13.0. The molecule has 0 amide bonds. The zero-order chi connectivity index (χ0) is 26.4. The molecule has 4 aliphatic carbocycles. The Balaban J connectivity index is 1.21. The van der Waals surface area contributed by atoms with Gasteiger partial charge in [-0.2, -0.15) is 0 Å². The molecule has 0 radical (unpaired) electrons. The Kier molecular flexibility index (Phi) is 6.74. The van der Waals surface area contributed by atoms with Crippen LogP contribution in [-0.4, -0.2) is 30.0 Å². The van der Waals surface area contributed by atoms with Crippen molar-refractivity contribution >= 4 is 17.7 Å². The number of nitrogens with zero attached hydrogens (tertiary/aromatic N) is 1. The molecule has 4 aliphatic rings. The van der Waals surface area contributed by atoms with Gasteiger partial charge in [0.05, 0.1) is 5.41 Å². The van der Waals surface area contributed by atoms with Crippen LogP contribution in [0.2, 0.25) is 0 Å². The lowest BCUT2D eigenvalue weighted by Gasteiger charge is -2.57. The number of ether oxygens (including phenoxy) is 3. The van der Waals surface area contributed by atoms with E-state index in [2.05, 4.69) is 37.0 Å². The van der Waals surface area contributed by atoms with E-state index in [0.29, 0.717) is 17.8 Å². The maximum absolute atomic E-state index is 12.3. The molecule has 0 unspecified atom stereocenters. The fourth-order valence-electron chi connectivity index (χ4n) is 7.78. The van der Waals surface area contributed by atoms with Crippen LogP contribution in [0.4, 0.5) is 4.79 Å². The first-order valence-electron chi connectivity index (χ1n) is 13.8. The van der Waals surface area contributed by atoms with Crippen LogP contribution in [0.5, 0.6) is 0 Å². The molecule has 1 aromatic rings. The second-order valence-electron chi connectivity index (χ2n) is 13.0. The molecule has 0 aromatic carbocycles. The average Bonchev–Trinajstić information content (AvgIpc) is 3.21. The van der Waals surface area contributed by atoms with Crippen molar-refractivity contribution in [3.63, 3.8) is 0 Å². The fourth-order valence-corrected chi connectivity index (χ4v) is 7.78. The molecule has 37 heavy (non-hydrogen) atoms. The van der Waals surface area contributed by atoms with Gasteiger partial charge >= 0.3 is 12.1 Å². The number of hydrogen-bond donors (Lipinski definition) is 0. The first kappa shape index (κ1) is 26.0. The smallest absolute Gasteiger partial charge is 0.431 e. The first-order valence-corrected chi connectivity index (χ1v) is 13.8. The van der Waals surface area contributed by atoms with Crippen molar-refractivity contribution in [3.05, 3.63) is 47.8 Å². The number of carbonyl (C=O) groups is 2. The van der Waals surface area contributed by atoms with Crippen molar-refractivity contribution in [2.45, 2.75) is 85.7 Å². The molecule has 6 nitrogen and oxygen atoms in total. The molecule has 200 valence electrons. The minimum atomic E-state index is -0.766. The molecule has 5 rings (SSSR count). The van der Waals surface area contributed by atoms with E-state index in [4.69, 9.17) is 14.2 Å². The molecule has 6 heteroatoms. The average molecular weight is 508 g/mol. The van der Waals surface area contributed by atoms with Gasteiger partial charge in [0.15, 0.2) is 0 Å². The fraction of sp³-hybridized carbons (Fsp3) is 0.645. The molecule has 0 aliphatic heterocycles. The summed E-state index contributed by atoms with van der Waals surface area (Å²) in [6.45, 7) is 9.78. The van der Waals surface area contributed by atoms with Gasteiger partial charge in [0.1, 0.15) is 6.10 Å². The maximum Gasteiger partial charge on any atom is 0.511 e. The summed E-state index contributed by atoms with van der Waals surface area (Å²) in [7, 11) is 0. The molecule has 2 fully saturated rings. The molecule has 0 saturated heterocycles. The maximum atomic E-state index is 12.3. The standard InChI is InChI=1S/C31H41NO5/c1-29(2,3)27(33)35-19-36-28(34)37-22-12-14-30(4)21(17-22)8-9-23-25-11-10-24(20-7-6-16-32-18-20)31(25,5)15-13-26(23)30/h6-8,10,16,18,22-23,25-26H,9,11-15,17,19H2,1-5H3/t22-,23-,25-,26-,30-,31+/m0/s1. The number of carbonyl (C=O) groups excluding carboxylic acids is 2. The van der Waals surface area contributed by atoms with Gasteiger partial charge in [-0.05, 0) is 105 Å². The number of fused-ring (bicyclic) bond motifs is 5. The Labute approximate surface area is 220 Å². The molecule has 1 aromatic heterocycles. The summed E-state index contributed by atoms with van der Waals surface area (Å²) in [6.07, 6.45) is 15.2. The molecule has 1 heterocycles. The summed E-state index contributed by atoms with van der Waals surface area (Å²) < 4.78 is 15.7. The Hall–Kier alpha value is -2.63. The molecule has 0 bridgehead atoms. The van der Waals surface area contributed by atoms with Gasteiger partial charge in [0.2, 0.25) is 6.79 Å². The predicted octanol–water partition coefficient (Wildman–Crippen LogP) is 7.11. The van der Waals surface area contributed by atoms with E-state index in [-0.39, 0.29) is 16.9 Å². The highest BCUT2D eigenvalue weighted by Gasteiger charge is 2.57. The summed E-state index contributed by atoms with van der Waals surface area (Å²) in [4.78, 5) is 28.5. The van der Waals surface area contributed by atoms with Gasteiger partial charge < -0.3 is 14.2 Å². The lowest BCUT2D eigenvalue weighted by atomic mass is 9.47. The largest absolute Gasteiger partial charge is 0.511 e. The van der Waals surface area contributed by atoms with Crippen LogP contribution >= 0.6 is 0 Å². The lowest BCUT2D eigenvalue weighted by Crippen LogP contribution is -2.50. The number of rotatable bonds is 4. The Bertz CT molecular complexity index is 1100. The van der Waals surface area contributed by atoms with Crippen molar-refractivity contribution in [2.75, 3.05) is 6.79 Å². The zero-order valence-corrected chi connectivity index (χ0v) is 22.9. The summed E-state index contributed by atoms with van der Waals surface area (Å²) >= 11 is 0. The van der Waals surface area contributed by atoms with E-state index in [1.54, 1.807) is 20.8 Å². The molecule has 0 spiro atoms. The Morgan fingerprint density at radius 3 is 2.54 bits per heavy atom. The van der Waals surface area contributed by atoms with E-state index in [9.17, 15) is 9.59 Å². The number of pyridine rings is 1.